The van der Waals surface area contributed by atoms with Crippen molar-refractivity contribution >= 4 is 5.69 Å². The van der Waals surface area contributed by atoms with Crippen LogP contribution in [0, 0.1) is 0 Å². The van der Waals surface area contributed by atoms with Gasteiger partial charge in [-0.05, 0) is 33.3 Å². The molecule has 0 amide bonds. The topological polar surface area (TPSA) is 45.4 Å². The molecule has 1 heterocycles. The normalized spacial score (nSPS) is 11.3. The molecule has 0 atom stereocenters. The standard InChI is InChI=1S/C12H22N4/c1-15(2)8-9-16(3)7-6-12-5-4-11(13)10-14-12/h4-5,10H,6-9,13H2,1-3H3. The van der Waals surface area contributed by atoms with E-state index in [1.807, 2.05) is 12.1 Å². The molecule has 0 aliphatic carbocycles. The van der Waals surface area contributed by atoms with Crippen LogP contribution < -0.4 is 5.73 Å². The summed E-state index contributed by atoms with van der Waals surface area (Å²) in [6, 6.07) is 3.90. The van der Waals surface area contributed by atoms with Crippen molar-refractivity contribution in [1.29, 1.82) is 0 Å². The molecule has 1 rings (SSSR count). The Morgan fingerprint density at radius 2 is 1.88 bits per heavy atom. The molecule has 2 N–H and O–H groups in total. The first-order valence-corrected chi connectivity index (χ1v) is 5.61. The Morgan fingerprint density at radius 1 is 1.12 bits per heavy atom. The number of aromatic nitrogens is 1. The van der Waals surface area contributed by atoms with Gasteiger partial charge in [0.2, 0.25) is 0 Å². The number of nitrogens with zero attached hydrogens (tertiary/aromatic N) is 3. The predicted octanol–water partition coefficient (Wildman–Crippen LogP) is 0.700. The number of likely N-dealkylation sites (N-methyl/N-ethyl adjacent to an activating group) is 2. The van der Waals surface area contributed by atoms with Gasteiger partial charge in [-0.3, -0.25) is 4.98 Å². The van der Waals surface area contributed by atoms with Gasteiger partial charge in [-0.15, -0.1) is 0 Å². The predicted molar refractivity (Wildman–Crippen MR) is 68.4 cm³/mol. The third-order valence-electron chi connectivity index (χ3n) is 2.53. The molecule has 90 valence electrons. The molecule has 0 fully saturated rings. The molecule has 0 bridgehead atoms. The Balaban J connectivity index is 2.26. The summed E-state index contributed by atoms with van der Waals surface area (Å²) in [5, 5.41) is 0. The molecule has 0 radical (unpaired) electrons. The number of pyridine rings is 1. The van der Waals surface area contributed by atoms with Crippen molar-refractivity contribution < 1.29 is 0 Å². The van der Waals surface area contributed by atoms with Crippen molar-refractivity contribution in [2.45, 2.75) is 6.42 Å². The second kappa shape index (κ2) is 6.45. The van der Waals surface area contributed by atoms with Gasteiger partial charge in [-0.25, -0.2) is 0 Å². The van der Waals surface area contributed by atoms with Crippen molar-refractivity contribution in [3.63, 3.8) is 0 Å². The quantitative estimate of drug-likeness (QED) is 0.769. The molecular formula is C12H22N4. The SMILES string of the molecule is CN(C)CCN(C)CCc1ccc(N)cn1. The molecular weight excluding hydrogens is 200 g/mol. The van der Waals surface area contributed by atoms with E-state index in [4.69, 9.17) is 5.73 Å². The van der Waals surface area contributed by atoms with E-state index in [9.17, 15) is 0 Å². The number of rotatable bonds is 6. The minimum Gasteiger partial charge on any atom is -0.397 e. The summed E-state index contributed by atoms with van der Waals surface area (Å²) >= 11 is 0. The lowest BCUT2D eigenvalue weighted by Gasteiger charge is -2.18. The van der Waals surface area contributed by atoms with Gasteiger partial charge in [-0.2, -0.15) is 0 Å². The van der Waals surface area contributed by atoms with E-state index in [2.05, 4.69) is 35.9 Å². The molecule has 0 aromatic carbocycles. The third-order valence-corrected chi connectivity index (χ3v) is 2.53. The maximum Gasteiger partial charge on any atom is 0.0501 e. The van der Waals surface area contributed by atoms with Gasteiger partial charge in [-0.1, -0.05) is 0 Å². The zero-order valence-electron chi connectivity index (χ0n) is 10.5. The molecule has 4 heteroatoms. The fraction of sp³-hybridized carbons (Fsp3) is 0.583. The number of nitrogen functional groups attached to an aromatic ring is 1. The molecule has 0 saturated carbocycles. The van der Waals surface area contributed by atoms with Crippen LogP contribution in [0.25, 0.3) is 0 Å². The summed E-state index contributed by atoms with van der Waals surface area (Å²) in [5.41, 5.74) is 7.41. The molecule has 0 unspecified atom stereocenters. The maximum atomic E-state index is 5.59. The molecule has 0 aliphatic rings. The Bertz CT molecular complexity index is 294. The fourth-order valence-electron chi connectivity index (χ4n) is 1.37. The van der Waals surface area contributed by atoms with Crippen molar-refractivity contribution in [3.05, 3.63) is 24.0 Å². The van der Waals surface area contributed by atoms with Gasteiger partial charge in [0.15, 0.2) is 0 Å². The molecule has 0 aliphatic heterocycles. The van der Waals surface area contributed by atoms with E-state index in [0.717, 1.165) is 37.4 Å². The Kier molecular flexibility index (Phi) is 5.22. The highest BCUT2D eigenvalue weighted by Crippen LogP contribution is 2.02. The molecule has 0 spiro atoms. The van der Waals surface area contributed by atoms with Gasteiger partial charge in [0.1, 0.15) is 0 Å². The van der Waals surface area contributed by atoms with Gasteiger partial charge in [0, 0.05) is 31.7 Å². The molecule has 1 aromatic rings. The Labute approximate surface area is 98.1 Å². The zero-order chi connectivity index (χ0) is 12.0. The fourth-order valence-corrected chi connectivity index (χ4v) is 1.37. The van der Waals surface area contributed by atoms with Gasteiger partial charge in [0.25, 0.3) is 0 Å². The van der Waals surface area contributed by atoms with Crippen molar-refractivity contribution in [2.24, 2.45) is 0 Å². The van der Waals surface area contributed by atoms with E-state index < -0.39 is 0 Å². The summed E-state index contributed by atoms with van der Waals surface area (Å²) < 4.78 is 0. The first kappa shape index (κ1) is 12.9. The smallest absolute Gasteiger partial charge is 0.0501 e. The van der Waals surface area contributed by atoms with Crippen LogP contribution in [0.3, 0.4) is 0 Å². The summed E-state index contributed by atoms with van der Waals surface area (Å²) in [6.07, 6.45) is 2.69. The van der Waals surface area contributed by atoms with Crippen LogP contribution in [-0.2, 0) is 6.42 Å². The highest BCUT2D eigenvalue weighted by molar-refractivity contribution is 5.34. The minimum absolute atomic E-state index is 0.727. The second-order valence-electron chi connectivity index (χ2n) is 4.44. The number of nitrogens with two attached hydrogens (primary N) is 1. The summed E-state index contributed by atoms with van der Waals surface area (Å²) in [7, 11) is 6.32. The van der Waals surface area contributed by atoms with Crippen LogP contribution in [0.2, 0.25) is 0 Å². The van der Waals surface area contributed by atoms with Crippen LogP contribution in [0.5, 0.6) is 0 Å². The van der Waals surface area contributed by atoms with E-state index >= 15 is 0 Å². The highest BCUT2D eigenvalue weighted by Gasteiger charge is 2.00. The van der Waals surface area contributed by atoms with Crippen LogP contribution in [0.15, 0.2) is 18.3 Å². The average molecular weight is 222 g/mol. The minimum atomic E-state index is 0.727. The number of hydrogen-bond donors (Lipinski definition) is 1. The first-order valence-electron chi connectivity index (χ1n) is 5.61. The third kappa shape index (κ3) is 5.09. The van der Waals surface area contributed by atoms with Crippen molar-refractivity contribution in [1.82, 2.24) is 14.8 Å². The van der Waals surface area contributed by atoms with E-state index in [0.29, 0.717) is 0 Å². The highest BCUT2D eigenvalue weighted by atomic mass is 15.1. The first-order chi connectivity index (χ1) is 7.58. The maximum absolute atomic E-state index is 5.59. The summed E-state index contributed by atoms with van der Waals surface area (Å²) in [4.78, 5) is 8.79. The summed E-state index contributed by atoms with van der Waals surface area (Å²) in [5.74, 6) is 0. The Hall–Kier alpha value is -1.13. The molecule has 16 heavy (non-hydrogen) atoms. The average Bonchev–Trinajstić information content (AvgIpc) is 2.25. The zero-order valence-corrected chi connectivity index (χ0v) is 10.5. The van der Waals surface area contributed by atoms with Crippen LogP contribution in [-0.4, -0.2) is 55.6 Å². The van der Waals surface area contributed by atoms with Crippen molar-refractivity contribution in [2.75, 3.05) is 46.5 Å². The van der Waals surface area contributed by atoms with E-state index in [1.165, 1.54) is 0 Å². The second-order valence-corrected chi connectivity index (χ2v) is 4.44. The monoisotopic (exact) mass is 222 g/mol. The van der Waals surface area contributed by atoms with Crippen LogP contribution in [0.4, 0.5) is 5.69 Å². The molecule has 4 nitrogen and oxygen atoms in total. The van der Waals surface area contributed by atoms with Crippen LogP contribution >= 0.6 is 0 Å². The number of hydrogen-bond acceptors (Lipinski definition) is 4. The number of anilines is 1. The summed E-state index contributed by atoms with van der Waals surface area (Å²) in [6.45, 7) is 3.21. The lowest BCUT2D eigenvalue weighted by Crippen LogP contribution is -2.30. The largest absolute Gasteiger partial charge is 0.397 e. The van der Waals surface area contributed by atoms with Gasteiger partial charge >= 0.3 is 0 Å². The van der Waals surface area contributed by atoms with Crippen molar-refractivity contribution in [3.8, 4) is 0 Å². The lowest BCUT2D eigenvalue weighted by atomic mass is 10.2. The van der Waals surface area contributed by atoms with Gasteiger partial charge in [0.05, 0.1) is 11.9 Å². The van der Waals surface area contributed by atoms with Crippen LogP contribution in [0.1, 0.15) is 5.69 Å². The van der Waals surface area contributed by atoms with E-state index in [-0.39, 0.29) is 0 Å². The lowest BCUT2D eigenvalue weighted by molar-refractivity contribution is 0.284. The molecule has 1 aromatic heterocycles. The van der Waals surface area contributed by atoms with Gasteiger partial charge < -0.3 is 15.5 Å². The molecule has 0 saturated heterocycles. The van der Waals surface area contributed by atoms with E-state index in [1.54, 1.807) is 6.20 Å². The Morgan fingerprint density at radius 3 is 2.44 bits per heavy atom.